The Balaban J connectivity index is 0.00000164. The predicted octanol–water partition coefficient (Wildman–Crippen LogP) is 7.94. The molecule has 0 radical (unpaired) electrons. The highest BCUT2D eigenvalue weighted by molar-refractivity contribution is 6.13. The molecule has 38 heavy (non-hydrogen) atoms. The molecule has 0 fully saturated rings. The summed E-state index contributed by atoms with van der Waals surface area (Å²) in [6.07, 6.45) is 4.48. The molecule has 5 aromatic rings. The molecule has 2 nitrogen and oxygen atoms in total. The zero-order chi connectivity index (χ0) is 26.8. The number of carbonyl (C=O) groups is 1. The van der Waals surface area contributed by atoms with E-state index in [1.807, 2.05) is 13.8 Å². The minimum absolute atomic E-state index is 0.112. The van der Waals surface area contributed by atoms with E-state index >= 15 is 0 Å². The van der Waals surface area contributed by atoms with E-state index in [1.54, 1.807) is 0 Å². The van der Waals surface area contributed by atoms with Crippen LogP contribution in [-0.2, 0) is 23.1 Å². The summed E-state index contributed by atoms with van der Waals surface area (Å²) in [5, 5.41) is 7.49. The Kier molecular flexibility index (Phi) is 9.46. The van der Waals surface area contributed by atoms with E-state index in [9.17, 15) is 4.79 Å². The minimum Gasteiger partial charge on any atom is -0.313 e. The first kappa shape index (κ1) is 27.3. The zero-order valence-corrected chi connectivity index (χ0v) is 23.0. The Morgan fingerprint density at radius 2 is 1.08 bits per heavy atom. The van der Waals surface area contributed by atoms with Crippen molar-refractivity contribution in [3.8, 4) is 0 Å². The van der Waals surface area contributed by atoms with Crippen molar-refractivity contribution < 1.29 is 10.1 Å². The van der Waals surface area contributed by atoms with Crippen LogP contribution in [0, 0.1) is 0 Å². The average molecular weight is 503 g/mol. The van der Waals surface area contributed by atoms with E-state index in [0.717, 1.165) is 32.1 Å². The second-order valence-electron chi connectivity index (χ2n) is 9.79. The highest BCUT2D eigenvalue weighted by atomic mass is 16.1. The number of aldehydes is 1. The van der Waals surface area contributed by atoms with E-state index in [0.29, 0.717) is 6.42 Å². The van der Waals surface area contributed by atoms with Gasteiger partial charge in [0.05, 0.1) is 13.0 Å². The standard InChI is InChI=1S/C34H33NO.C2H6/c1-2-34(24-26-14-5-3-6-15-26,25-27-16-7-4-8-17-27)32-30-20-11-9-18-28(30)29-19-10-12-21-31(29)33(32)35-22-13-23-36;1-2/h3-12,14-21,23,35H,2,13,22,24-25H2,1H3;1-2H3/p+1. The van der Waals surface area contributed by atoms with Crippen molar-refractivity contribution in [2.24, 2.45) is 0 Å². The van der Waals surface area contributed by atoms with Gasteiger partial charge in [0, 0.05) is 16.4 Å². The van der Waals surface area contributed by atoms with Crippen molar-refractivity contribution in [2.75, 3.05) is 6.54 Å². The molecule has 0 saturated heterocycles. The number of rotatable bonds is 10. The van der Waals surface area contributed by atoms with Gasteiger partial charge < -0.3 is 10.1 Å². The largest absolute Gasteiger partial charge is 0.313 e. The SMILES string of the molecule is CC.CCC(Cc1ccccc1)(Cc1ccccc1)c1c([NH2+]CCC=O)c2ccccc2c2ccccc12. The summed E-state index contributed by atoms with van der Waals surface area (Å²) in [5.41, 5.74) is 5.30. The van der Waals surface area contributed by atoms with Crippen molar-refractivity contribution in [1.82, 2.24) is 0 Å². The summed E-state index contributed by atoms with van der Waals surface area (Å²) >= 11 is 0. The first-order valence-corrected chi connectivity index (χ1v) is 14.0. The molecule has 5 rings (SSSR count). The van der Waals surface area contributed by atoms with Gasteiger partial charge in [-0.2, -0.15) is 0 Å². The van der Waals surface area contributed by atoms with Crippen molar-refractivity contribution in [1.29, 1.82) is 0 Å². The third kappa shape index (κ3) is 5.71. The lowest BCUT2D eigenvalue weighted by atomic mass is 9.67. The topological polar surface area (TPSA) is 33.7 Å². The number of nitrogens with two attached hydrogens (primary N) is 1. The van der Waals surface area contributed by atoms with Crippen LogP contribution < -0.4 is 5.32 Å². The van der Waals surface area contributed by atoms with Crippen LogP contribution in [0.25, 0.3) is 21.5 Å². The zero-order valence-electron chi connectivity index (χ0n) is 23.0. The molecule has 0 saturated carbocycles. The summed E-state index contributed by atoms with van der Waals surface area (Å²) in [6.45, 7) is 7.08. The maximum absolute atomic E-state index is 11.3. The van der Waals surface area contributed by atoms with Crippen molar-refractivity contribution >= 4 is 33.5 Å². The fourth-order valence-electron chi connectivity index (χ4n) is 5.89. The van der Waals surface area contributed by atoms with Gasteiger partial charge in [0.15, 0.2) is 0 Å². The van der Waals surface area contributed by atoms with E-state index < -0.39 is 0 Å². The van der Waals surface area contributed by atoms with Gasteiger partial charge in [-0.15, -0.1) is 0 Å². The fraction of sp³-hybridized carbons (Fsp3) is 0.250. The molecule has 0 amide bonds. The molecule has 0 aliphatic rings. The number of hydrogen-bond acceptors (Lipinski definition) is 1. The van der Waals surface area contributed by atoms with Crippen LogP contribution >= 0.6 is 0 Å². The lowest BCUT2D eigenvalue weighted by molar-refractivity contribution is -0.569. The minimum atomic E-state index is -0.112. The lowest BCUT2D eigenvalue weighted by Crippen LogP contribution is -2.79. The molecular formula is C36H40NO+. The van der Waals surface area contributed by atoms with Crippen molar-refractivity contribution in [2.45, 2.75) is 51.9 Å². The smallest absolute Gasteiger partial charge is 0.141 e. The number of benzene rings is 5. The van der Waals surface area contributed by atoms with Gasteiger partial charge >= 0.3 is 0 Å². The third-order valence-corrected chi connectivity index (χ3v) is 7.58. The summed E-state index contributed by atoms with van der Waals surface area (Å²) in [6, 6.07) is 39.5. The van der Waals surface area contributed by atoms with Crippen LogP contribution in [0.15, 0.2) is 109 Å². The van der Waals surface area contributed by atoms with E-state index in [4.69, 9.17) is 0 Å². The van der Waals surface area contributed by atoms with Gasteiger partial charge in [-0.25, -0.2) is 0 Å². The first-order chi connectivity index (χ1) is 18.8. The van der Waals surface area contributed by atoms with Gasteiger partial charge in [0.1, 0.15) is 12.0 Å². The molecule has 2 N–H and O–H groups in total. The lowest BCUT2D eigenvalue weighted by Gasteiger charge is -2.36. The summed E-state index contributed by atoms with van der Waals surface area (Å²) in [7, 11) is 0. The van der Waals surface area contributed by atoms with E-state index in [2.05, 4.69) is 121 Å². The molecule has 0 aliphatic heterocycles. The molecule has 0 aliphatic carbocycles. The Morgan fingerprint density at radius 3 is 1.58 bits per heavy atom. The van der Waals surface area contributed by atoms with Crippen LogP contribution in [0.2, 0.25) is 0 Å². The monoisotopic (exact) mass is 502 g/mol. The van der Waals surface area contributed by atoms with Crippen molar-refractivity contribution in [3.63, 3.8) is 0 Å². The molecule has 0 bridgehead atoms. The fourth-order valence-corrected chi connectivity index (χ4v) is 5.89. The van der Waals surface area contributed by atoms with Crippen LogP contribution in [0.5, 0.6) is 0 Å². The first-order valence-electron chi connectivity index (χ1n) is 14.0. The molecule has 5 aromatic carbocycles. The van der Waals surface area contributed by atoms with Crippen LogP contribution in [-0.4, -0.2) is 12.8 Å². The van der Waals surface area contributed by atoms with Crippen LogP contribution in [0.4, 0.5) is 5.69 Å². The number of quaternary nitrogens is 1. The van der Waals surface area contributed by atoms with Crippen LogP contribution in [0.1, 0.15) is 50.3 Å². The normalized spacial score (nSPS) is 11.2. The summed E-state index contributed by atoms with van der Waals surface area (Å²) in [5.74, 6) is 0. The van der Waals surface area contributed by atoms with Gasteiger partial charge in [-0.05, 0) is 52.6 Å². The van der Waals surface area contributed by atoms with Gasteiger partial charge in [0.2, 0.25) is 0 Å². The molecule has 0 heterocycles. The Hall–Kier alpha value is -3.75. The second kappa shape index (κ2) is 13.2. The van der Waals surface area contributed by atoms with Crippen molar-refractivity contribution in [3.05, 3.63) is 126 Å². The second-order valence-corrected chi connectivity index (χ2v) is 9.79. The molecule has 2 heteroatoms. The number of fused-ring (bicyclic) bond motifs is 3. The molecule has 0 unspecified atom stereocenters. The van der Waals surface area contributed by atoms with Gasteiger partial charge in [-0.1, -0.05) is 124 Å². The third-order valence-electron chi connectivity index (χ3n) is 7.58. The summed E-state index contributed by atoms with van der Waals surface area (Å²) in [4.78, 5) is 11.3. The number of hydrogen-bond donors (Lipinski definition) is 1. The van der Waals surface area contributed by atoms with Gasteiger partial charge in [-0.3, -0.25) is 0 Å². The maximum atomic E-state index is 11.3. The highest BCUT2D eigenvalue weighted by Gasteiger charge is 2.37. The van der Waals surface area contributed by atoms with Crippen LogP contribution in [0.3, 0.4) is 0 Å². The molecular weight excluding hydrogens is 462 g/mol. The molecule has 0 atom stereocenters. The predicted molar refractivity (Wildman–Crippen MR) is 162 cm³/mol. The van der Waals surface area contributed by atoms with Gasteiger partial charge in [0.25, 0.3) is 0 Å². The Morgan fingerprint density at radius 1 is 0.632 bits per heavy atom. The highest BCUT2D eigenvalue weighted by Crippen LogP contribution is 2.45. The Bertz CT molecular complexity index is 1420. The maximum Gasteiger partial charge on any atom is 0.141 e. The molecule has 194 valence electrons. The number of carbonyl (C=O) groups excluding carboxylic acids is 1. The van der Waals surface area contributed by atoms with E-state index in [1.165, 1.54) is 43.9 Å². The summed E-state index contributed by atoms with van der Waals surface area (Å²) < 4.78 is 0. The molecule has 0 aromatic heterocycles. The Labute approximate surface area is 227 Å². The van der Waals surface area contributed by atoms with E-state index in [-0.39, 0.29) is 5.41 Å². The average Bonchev–Trinajstić information content (AvgIpc) is 2.99. The quantitative estimate of drug-likeness (QED) is 0.0894. The molecule has 0 spiro atoms.